The van der Waals surface area contributed by atoms with Gasteiger partial charge in [-0.2, -0.15) is 0 Å². The molecule has 3 rings (SSSR count). The molecule has 2 aliphatic rings. The zero-order chi connectivity index (χ0) is 16.9. The van der Waals surface area contributed by atoms with Crippen LogP contribution in [0, 0.1) is 11.8 Å². The maximum atomic E-state index is 12.3. The molecule has 2 fully saturated rings. The predicted octanol–water partition coefficient (Wildman–Crippen LogP) is 2.16. The van der Waals surface area contributed by atoms with Crippen molar-refractivity contribution in [1.29, 1.82) is 0 Å². The molecule has 1 aliphatic carbocycles. The van der Waals surface area contributed by atoms with Gasteiger partial charge in [-0.15, -0.1) is 0 Å². The van der Waals surface area contributed by atoms with Gasteiger partial charge in [-0.05, 0) is 43.7 Å². The molecule has 1 aliphatic heterocycles. The molecular weight excluding hydrogens is 302 g/mol. The topological polar surface area (TPSA) is 67.6 Å². The van der Waals surface area contributed by atoms with Crippen LogP contribution in [-0.2, 0) is 4.79 Å². The van der Waals surface area contributed by atoms with Crippen LogP contribution in [0.25, 0.3) is 0 Å². The molecule has 1 saturated heterocycles. The Labute approximate surface area is 144 Å². The fourth-order valence-corrected chi connectivity index (χ4v) is 3.90. The SMILES string of the molecule is COc1cccc(N2CCC(CNC(=O)C3CCCC(N)C3)C2)c1. The highest BCUT2D eigenvalue weighted by molar-refractivity contribution is 5.78. The molecule has 0 radical (unpaired) electrons. The molecule has 1 aromatic carbocycles. The van der Waals surface area contributed by atoms with Gasteiger partial charge >= 0.3 is 0 Å². The number of nitrogens with two attached hydrogens (primary N) is 1. The summed E-state index contributed by atoms with van der Waals surface area (Å²) in [7, 11) is 1.69. The van der Waals surface area contributed by atoms with Gasteiger partial charge in [0.25, 0.3) is 0 Å². The number of carbonyl (C=O) groups is 1. The Kier molecular flexibility index (Phi) is 5.61. The number of anilines is 1. The lowest BCUT2D eigenvalue weighted by molar-refractivity contribution is -0.126. The smallest absolute Gasteiger partial charge is 0.223 e. The third-order valence-corrected chi connectivity index (χ3v) is 5.35. The van der Waals surface area contributed by atoms with Gasteiger partial charge in [0.15, 0.2) is 0 Å². The lowest BCUT2D eigenvalue weighted by Crippen LogP contribution is -2.39. The first-order valence-corrected chi connectivity index (χ1v) is 9.08. The van der Waals surface area contributed by atoms with Gasteiger partial charge in [0.2, 0.25) is 5.91 Å². The first kappa shape index (κ1) is 17.1. The number of hydrogen-bond donors (Lipinski definition) is 2. The Hall–Kier alpha value is -1.75. The Morgan fingerprint density at radius 1 is 1.38 bits per heavy atom. The molecule has 0 bridgehead atoms. The van der Waals surface area contributed by atoms with E-state index >= 15 is 0 Å². The van der Waals surface area contributed by atoms with Crippen molar-refractivity contribution in [1.82, 2.24) is 5.32 Å². The van der Waals surface area contributed by atoms with Crippen LogP contribution in [0.1, 0.15) is 32.1 Å². The standard InChI is InChI=1S/C19H29N3O2/c1-24-18-7-3-6-17(11-18)22-9-8-14(13-22)12-21-19(23)15-4-2-5-16(20)10-15/h3,6-7,11,14-16H,2,4-5,8-10,12-13,20H2,1H3,(H,21,23). The summed E-state index contributed by atoms with van der Waals surface area (Å²) in [5, 5.41) is 3.16. The molecular formula is C19H29N3O2. The average Bonchev–Trinajstić information content (AvgIpc) is 3.09. The van der Waals surface area contributed by atoms with E-state index in [1.807, 2.05) is 12.1 Å². The van der Waals surface area contributed by atoms with Crippen molar-refractivity contribution < 1.29 is 9.53 Å². The van der Waals surface area contributed by atoms with E-state index in [2.05, 4.69) is 22.3 Å². The number of benzene rings is 1. The van der Waals surface area contributed by atoms with Crippen LogP contribution in [0.5, 0.6) is 5.75 Å². The third kappa shape index (κ3) is 4.20. The summed E-state index contributed by atoms with van der Waals surface area (Å²) in [6, 6.07) is 8.38. The number of amides is 1. The van der Waals surface area contributed by atoms with Gasteiger partial charge in [-0.1, -0.05) is 12.5 Å². The van der Waals surface area contributed by atoms with Crippen molar-refractivity contribution in [2.45, 2.75) is 38.1 Å². The number of carbonyl (C=O) groups excluding carboxylic acids is 1. The van der Waals surface area contributed by atoms with Crippen LogP contribution in [0.4, 0.5) is 5.69 Å². The Balaban J connectivity index is 1.46. The van der Waals surface area contributed by atoms with E-state index in [0.29, 0.717) is 5.92 Å². The summed E-state index contributed by atoms with van der Waals surface area (Å²) in [5.74, 6) is 1.71. The summed E-state index contributed by atoms with van der Waals surface area (Å²) in [4.78, 5) is 14.7. The summed E-state index contributed by atoms with van der Waals surface area (Å²) >= 11 is 0. The van der Waals surface area contributed by atoms with E-state index in [9.17, 15) is 4.79 Å². The fraction of sp³-hybridized carbons (Fsp3) is 0.632. The zero-order valence-corrected chi connectivity index (χ0v) is 14.5. The monoisotopic (exact) mass is 331 g/mol. The van der Waals surface area contributed by atoms with E-state index in [1.165, 1.54) is 5.69 Å². The third-order valence-electron chi connectivity index (χ3n) is 5.35. The molecule has 1 heterocycles. The number of rotatable bonds is 5. The minimum Gasteiger partial charge on any atom is -0.497 e. The van der Waals surface area contributed by atoms with E-state index in [-0.39, 0.29) is 17.9 Å². The van der Waals surface area contributed by atoms with Crippen molar-refractivity contribution in [2.24, 2.45) is 17.6 Å². The zero-order valence-electron chi connectivity index (χ0n) is 14.5. The molecule has 5 nitrogen and oxygen atoms in total. The van der Waals surface area contributed by atoms with Gasteiger partial charge in [0.1, 0.15) is 5.75 Å². The van der Waals surface area contributed by atoms with Crippen molar-refractivity contribution >= 4 is 11.6 Å². The summed E-state index contributed by atoms with van der Waals surface area (Å²) in [6.45, 7) is 2.78. The van der Waals surface area contributed by atoms with Crippen LogP contribution < -0.4 is 20.7 Å². The number of hydrogen-bond acceptors (Lipinski definition) is 4. The molecule has 1 saturated carbocycles. The quantitative estimate of drug-likeness (QED) is 0.867. The average molecular weight is 331 g/mol. The molecule has 3 unspecified atom stereocenters. The summed E-state index contributed by atoms with van der Waals surface area (Å²) < 4.78 is 5.30. The maximum absolute atomic E-state index is 12.3. The van der Waals surface area contributed by atoms with Gasteiger partial charge < -0.3 is 20.7 Å². The minimum absolute atomic E-state index is 0.115. The lowest BCUT2D eigenvalue weighted by Gasteiger charge is -2.26. The molecule has 5 heteroatoms. The highest BCUT2D eigenvalue weighted by Gasteiger charge is 2.27. The fourth-order valence-electron chi connectivity index (χ4n) is 3.90. The second-order valence-electron chi connectivity index (χ2n) is 7.17. The molecule has 3 N–H and O–H groups in total. The van der Waals surface area contributed by atoms with Gasteiger partial charge in [-0.25, -0.2) is 0 Å². The number of nitrogens with zero attached hydrogens (tertiary/aromatic N) is 1. The van der Waals surface area contributed by atoms with Gasteiger partial charge in [0.05, 0.1) is 7.11 Å². The number of methoxy groups -OCH3 is 1. The first-order chi connectivity index (χ1) is 11.7. The second-order valence-corrected chi connectivity index (χ2v) is 7.17. The molecule has 132 valence electrons. The minimum atomic E-state index is 0.115. The lowest BCUT2D eigenvalue weighted by atomic mass is 9.85. The Morgan fingerprint density at radius 2 is 2.25 bits per heavy atom. The first-order valence-electron chi connectivity index (χ1n) is 9.08. The van der Waals surface area contributed by atoms with E-state index < -0.39 is 0 Å². The van der Waals surface area contributed by atoms with Crippen molar-refractivity contribution in [3.05, 3.63) is 24.3 Å². The highest BCUT2D eigenvalue weighted by atomic mass is 16.5. The van der Waals surface area contributed by atoms with Gasteiger partial charge in [-0.3, -0.25) is 4.79 Å². The molecule has 0 spiro atoms. The molecule has 24 heavy (non-hydrogen) atoms. The number of nitrogens with one attached hydrogen (secondary N) is 1. The Bertz CT molecular complexity index is 563. The summed E-state index contributed by atoms with van der Waals surface area (Å²) in [6.07, 6.45) is 5.07. The van der Waals surface area contributed by atoms with Crippen LogP contribution in [0.15, 0.2) is 24.3 Å². The van der Waals surface area contributed by atoms with Crippen LogP contribution in [0.3, 0.4) is 0 Å². The van der Waals surface area contributed by atoms with Crippen LogP contribution in [-0.4, -0.2) is 38.7 Å². The largest absolute Gasteiger partial charge is 0.497 e. The normalized spacial score (nSPS) is 27.1. The second kappa shape index (κ2) is 7.88. The van der Waals surface area contributed by atoms with Crippen molar-refractivity contribution in [2.75, 3.05) is 31.6 Å². The highest BCUT2D eigenvalue weighted by Crippen LogP contribution is 2.27. The van der Waals surface area contributed by atoms with E-state index in [4.69, 9.17) is 10.5 Å². The Morgan fingerprint density at radius 3 is 3.04 bits per heavy atom. The predicted molar refractivity (Wildman–Crippen MR) is 96.3 cm³/mol. The van der Waals surface area contributed by atoms with Gasteiger partial charge in [0, 0.05) is 43.3 Å². The van der Waals surface area contributed by atoms with Crippen molar-refractivity contribution in [3.63, 3.8) is 0 Å². The van der Waals surface area contributed by atoms with Crippen molar-refractivity contribution in [3.8, 4) is 5.75 Å². The van der Waals surface area contributed by atoms with E-state index in [1.54, 1.807) is 7.11 Å². The van der Waals surface area contributed by atoms with Crippen LogP contribution >= 0.6 is 0 Å². The number of ether oxygens (including phenoxy) is 1. The summed E-state index contributed by atoms with van der Waals surface area (Å²) in [5.41, 5.74) is 7.19. The molecule has 1 amide bonds. The van der Waals surface area contributed by atoms with Crippen LogP contribution in [0.2, 0.25) is 0 Å². The van der Waals surface area contributed by atoms with E-state index in [0.717, 1.165) is 57.5 Å². The molecule has 1 aromatic rings. The maximum Gasteiger partial charge on any atom is 0.223 e. The molecule has 3 atom stereocenters. The molecule has 0 aromatic heterocycles.